The lowest BCUT2D eigenvalue weighted by Crippen LogP contribution is -2.36. The van der Waals surface area contributed by atoms with Gasteiger partial charge in [-0.1, -0.05) is 30.3 Å². The molecule has 0 spiro atoms. The molecule has 1 unspecified atom stereocenters. The van der Waals surface area contributed by atoms with Gasteiger partial charge in [0.05, 0.1) is 43.9 Å². The summed E-state index contributed by atoms with van der Waals surface area (Å²) in [5, 5.41) is 10.8. The fourth-order valence-corrected chi connectivity index (χ4v) is 6.96. The van der Waals surface area contributed by atoms with Gasteiger partial charge >= 0.3 is 0 Å². The van der Waals surface area contributed by atoms with Crippen molar-refractivity contribution in [3.8, 4) is 34.3 Å². The number of benzene rings is 2. The quantitative estimate of drug-likeness (QED) is 0.221. The number of fused-ring (bicyclic) bond motifs is 1. The average molecular weight is 606 g/mol. The van der Waals surface area contributed by atoms with Crippen LogP contribution < -0.4 is 9.64 Å². The molecule has 0 amide bonds. The fraction of sp³-hybridized carbons (Fsp3) is 0.265. The van der Waals surface area contributed by atoms with Crippen molar-refractivity contribution in [2.75, 3.05) is 44.4 Å². The number of aromatic nitrogens is 3. The smallest absolute Gasteiger partial charge is 0.188 e. The summed E-state index contributed by atoms with van der Waals surface area (Å²) < 4.78 is 33.0. The van der Waals surface area contributed by atoms with Gasteiger partial charge in [-0.2, -0.15) is 5.26 Å². The molecule has 10 heteroatoms. The molecule has 7 rings (SSSR count). The van der Waals surface area contributed by atoms with Crippen LogP contribution in [0.15, 0.2) is 90.1 Å². The predicted molar refractivity (Wildman–Crippen MR) is 169 cm³/mol. The maximum atomic E-state index is 14.1. The van der Waals surface area contributed by atoms with E-state index < -0.39 is 11.4 Å². The van der Waals surface area contributed by atoms with Gasteiger partial charge in [0, 0.05) is 54.3 Å². The van der Waals surface area contributed by atoms with Crippen LogP contribution in [0.5, 0.6) is 5.75 Å². The molecule has 222 valence electrons. The van der Waals surface area contributed by atoms with Crippen molar-refractivity contribution >= 4 is 28.1 Å². The van der Waals surface area contributed by atoms with Crippen molar-refractivity contribution < 1.29 is 18.8 Å². The number of hydrogen-bond donors (Lipinski definition) is 0. The van der Waals surface area contributed by atoms with Crippen LogP contribution in [0.3, 0.4) is 0 Å². The SMILES string of the molecule is N#Cc1cc(-c2ccnc3c2cc(-c2ccc(N4CCOCC4)cc2)n3[S+]([O-])c2ccccc2)ncc1OC1CCOCC1. The van der Waals surface area contributed by atoms with Gasteiger partial charge in [0.15, 0.2) is 16.3 Å². The molecule has 2 aromatic carbocycles. The van der Waals surface area contributed by atoms with Crippen molar-refractivity contribution in [1.29, 1.82) is 5.26 Å². The highest BCUT2D eigenvalue weighted by Gasteiger charge is 2.26. The Morgan fingerprint density at radius 1 is 0.909 bits per heavy atom. The molecule has 2 aliphatic heterocycles. The van der Waals surface area contributed by atoms with Crippen LogP contribution in [0.25, 0.3) is 33.5 Å². The Balaban J connectivity index is 1.31. The van der Waals surface area contributed by atoms with Crippen LogP contribution in [0.2, 0.25) is 0 Å². The normalized spacial score (nSPS) is 16.5. The van der Waals surface area contributed by atoms with E-state index in [2.05, 4.69) is 35.2 Å². The first-order valence-electron chi connectivity index (χ1n) is 14.8. The molecule has 9 nitrogen and oxygen atoms in total. The minimum absolute atomic E-state index is 0.00433. The summed E-state index contributed by atoms with van der Waals surface area (Å²) in [6.07, 6.45) is 4.87. The zero-order chi connectivity index (χ0) is 29.9. The summed E-state index contributed by atoms with van der Waals surface area (Å²) in [5.74, 6) is 0.470. The third-order valence-electron chi connectivity index (χ3n) is 8.04. The predicted octanol–water partition coefficient (Wildman–Crippen LogP) is 5.60. The van der Waals surface area contributed by atoms with Gasteiger partial charge in [-0.3, -0.25) is 4.98 Å². The summed E-state index contributed by atoms with van der Waals surface area (Å²) in [6.45, 7) is 4.41. The van der Waals surface area contributed by atoms with Gasteiger partial charge in [0.2, 0.25) is 0 Å². The van der Waals surface area contributed by atoms with Crippen LogP contribution in [0.1, 0.15) is 18.4 Å². The highest BCUT2D eigenvalue weighted by molar-refractivity contribution is 7.90. The largest absolute Gasteiger partial charge is 0.587 e. The van der Waals surface area contributed by atoms with Crippen molar-refractivity contribution in [3.05, 3.63) is 90.8 Å². The van der Waals surface area contributed by atoms with Crippen molar-refractivity contribution in [2.45, 2.75) is 23.8 Å². The highest BCUT2D eigenvalue weighted by atomic mass is 32.2. The van der Waals surface area contributed by atoms with E-state index in [1.54, 1.807) is 22.4 Å². The van der Waals surface area contributed by atoms with E-state index in [1.807, 2.05) is 42.5 Å². The van der Waals surface area contributed by atoms with Gasteiger partial charge in [-0.05, 0) is 42.5 Å². The summed E-state index contributed by atoms with van der Waals surface area (Å²) in [5.41, 5.74) is 5.21. The van der Waals surface area contributed by atoms with E-state index in [9.17, 15) is 9.81 Å². The number of pyridine rings is 2. The number of morpholine rings is 1. The van der Waals surface area contributed by atoms with Crippen molar-refractivity contribution in [1.82, 2.24) is 13.9 Å². The van der Waals surface area contributed by atoms with Crippen LogP contribution in [0, 0.1) is 11.3 Å². The summed E-state index contributed by atoms with van der Waals surface area (Å²) in [4.78, 5) is 12.4. The second kappa shape index (κ2) is 12.7. The number of rotatable bonds is 7. The zero-order valence-electron chi connectivity index (χ0n) is 24.1. The van der Waals surface area contributed by atoms with E-state index in [4.69, 9.17) is 24.2 Å². The Bertz CT molecular complexity index is 1790. The molecule has 0 radical (unpaired) electrons. The maximum Gasteiger partial charge on any atom is 0.188 e. The lowest BCUT2D eigenvalue weighted by Gasteiger charge is -2.28. The Morgan fingerprint density at radius 3 is 2.41 bits per heavy atom. The Morgan fingerprint density at radius 2 is 1.66 bits per heavy atom. The molecule has 2 saturated heterocycles. The topological polar surface area (TPSA) is 108 Å². The molecule has 2 aliphatic rings. The molecular weight excluding hydrogens is 574 g/mol. The second-order valence-corrected chi connectivity index (χ2v) is 12.1. The summed E-state index contributed by atoms with van der Waals surface area (Å²) in [7, 11) is 0. The summed E-state index contributed by atoms with van der Waals surface area (Å²) in [6, 6.07) is 25.6. The minimum atomic E-state index is -1.57. The number of nitriles is 1. The minimum Gasteiger partial charge on any atom is -0.587 e. The molecule has 0 aliphatic carbocycles. The van der Waals surface area contributed by atoms with Crippen molar-refractivity contribution in [2.24, 2.45) is 0 Å². The number of hydrogen-bond acceptors (Lipinski definition) is 8. The standard InChI is InChI=1S/C34H31N5O4S/c35-22-25-20-31(37-23-33(25)43-27-11-16-41-17-12-27)29-10-13-36-34-30(29)21-32(39(34)44(40)28-4-2-1-3-5-28)24-6-8-26(9-7-24)38-14-18-42-19-15-38/h1-10,13,20-21,23,27H,11-12,14-19H2. The number of ether oxygens (including phenoxy) is 3. The van der Waals surface area contributed by atoms with Gasteiger partial charge in [-0.25, -0.2) is 4.98 Å². The third-order valence-corrected chi connectivity index (χ3v) is 9.41. The molecule has 1 atom stereocenters. The Labute approximate surface area is 259 Å². The zero-order valence-corrected chi connectivity index (χ0v) is 24.9. The third kappa shape index (κ3) is 5.63. The van der Waals surface area contributed by atoms with E-state index in [0.717, 1.165) is 53.8 Å². The van der Waals surface area contributed by atoms with E-state index in [-0.39, 0.29) is 6.10 Å². The van der Waals surface area contributed by atoms with Crippen LogP contribution in [-0.2, 0) is 20.8 Å². The molecule has 0 bridgehead atoms. The van der Waals surface area contributed by atoms with Crippen LogP contribution in [0.4, 0.5) is 5.69 Å². The molecule has 0 N–H and O–H groups in total. The second-order valence-electron chi connectivity index (χ2n) is 10.7. The average Bonchev–Trinajstić information content (AvgIpc) is 3.49. The first-order chi connectivity index (χ1) is 21.7. The lowest BCUT2D eigenvalue weighted by atomic mass is 10.1. The Hall–Kier alpha value is -4.40. The van der Waals surface area contributed by atoms with E-state index in [0.29, 0.717) is 54.0 Å². The highest BCUT2D eigenvalue weighted by Crippen LogP contribution is 2.37. The van der Waals surface area contributed by atoms with Crippen LogP contribution in [-0.4, -0.2) is 64.1 Å². The van der Waals surface area contributed by atoms with Gasteiger partial charge in [0.25, 0.3) is 0 Å². The molecule has 0 saturated carbocycles. The van der Waals surface area contributed by atoms with E-state index >= 15 is 0 Å². The Kier molecular flexibility index (Phi) is 8.18. The van der Waals surface area contributed by atoms with Gasteiger partial charge in [-0.15, -0.1) is 3.97 Å². The molecule has 5 aromatic rings. The van der Waals surface area contributed by atoms with Gasteiger partial charge < -0.3 is 23.7 Å². The number of anilines is 1. The maximum absolute atomic E-state index is 14.1. The fourth-order valence-electron chi connectivity index (χ4n) is 5.72. The first kappa shape index (κ1) is 28.4. The molecule has 44 heavy (non-hydrogen) atoms. The molecule has 5 heterocycles. The molecule has 2 fully saturated rings. The monoisotopic (exact) mass is 605 g/mol. The molecular formula is C34H31N5O4S. The van der Waals surface area contributed by atoms with Crippen molar-refractivity contribution in [3.63, 3.8) is 0 Å². The number of nitrogens with zero attached hydrogens (tertiary/aromatic N) is 5. The van der Waals surface area contributed by atoms with Gasteiger partial charge in [0.1, 0.15) is 29.2 Å². The summed E-state index contributed by atoms with van der Waals surface area (Å²) >= 11 is -1.57. The lowest BCUT2D eigenvalue weighted by molar-refractivity contribution is 0.0253. The first-order valence-corrected chi connectivity index (χ1v) is 15.9. The molecule has 3 aromatic heterocycles. The van der Waals surface area contributed by atoms with Crippen LogP contribution >= 0.6 is 0 Å². The van der Waals surface area contributed by atoms with E-state index in [1.165, 1.54) is 0 Å².